The Morgan fingerprint density at radius 2 is 1.74 bits per heavy atom. The molecule has 1 aromatic rings. The summed E-state index contributed by atoms with van der Waals surface area (Å²) >= 11 is 0. The van der Waals surface area contributed by atoms with Crippen LogP contribution in [0.15, 0.2) is 35.3 Å². The maximum absolute atomic E-state index is 11.4. The van der Waals surface area contributed by atoms with Crippen molar-refractivity contribution >= 4 is 16.0 Å². The van der Waals surface area contributed by atoms with E-state index >= 15 is 0 Å². The molecular formula is C19H35N5O2S. The van der Waals surface area contributed by atoms with Crippen LogP contribution >= 0.6 is 0 Å². The van der Waals surface area contributed by atoms with Gasteiger partial charge in [-0.15, -0.1) is 0 Å². The van der Waals surface area contributed by atoms with Crippen molar-refractivity contribution in [3.05, 3.63) is 35.9 Å². The first-order chi connectivity index (χ1) is 13.0. The minimum Gasteiger partial charge on any atom is -0.356 e. The number of benzene rings is 1. The van der Waals surface area contributed by atoms with E-state index in [1.807, 2.05) is 6.07 Å². The lowest BCUT2D eigenvalue weighted by Gasteiger charge is -2.30. The number of hydrogen-bond donors (Lipinski definition) is 3. The lowest BCUT2D eigenvalue weighted by molar-refractivity contribution is 0.219. The van der Waals surface area contributed by atoms with E-state index in [4.69, 9.17) is 0 Å². The number of rotatable bonds is 12. The summed E-state index contributed by atoms with van der Waals surface area (Å²) in [5, 5.41) is 6.64. The predicted molar refractivity (Wildman–Crippen MR) is 114 cm³/mol. The van der Waals surface area contributed by atoms with Crippen molar-refractivity contribution in [2.24, 2.45) is 4.99 Å². The second-order valence-electron chi connectivity index (χ2n) is 6.18. The van der Waals surface area contributed by atoms with E-state index in [0.29, 0.717) is 19.5 Å². The molecule has 8 heteroatoms. The molecule has 0 spiro atoms. The molecule has 0 aliphatic carbocycles. The van der Waals surface area contributed by atoms with Gasteiger partial charge in [0.15, 0.2) is 5.96 Å². The first kappa shape index (κ1) is 23.4. The van der Waals surface area contributed by atoms with Gasteiger partial charge in [0, 0.05) is 26.7 Å². The van der Waals surface area contributed by atoms with Crippen molar-refractivity contribution in [2.45, 2.75) is 33.2 Å². The fourth-order valence-electron chi connectivity index (χ4n) is 2.84. The SMILES string of the molecule is CCN(CC)C(CNC(=NC)NCCCNS(=O)(=O)CC)c1ccccc1. The molecule has 0 aliphatic rings. The van der Waals surface area contributed by atoms with Crippen molar-refractivity contribution in [3.63, 3.8) is 0 Å². The zero-order valence-corrected chi connectivity index (χ0v) is 17.8. The number of hydrogen-bond acceptors (Lipinski definition) is 4. The molecule has 0 aliphatic heterocycles. The molecule has 3 N–H and O–H groups in total. The molecule has 1 unspecified atom stereocenters. The van der Waals surface area contributed by atoms with Crippen LogP contribution in [0.1, 0.15) is 38.8 Å². The minimum absolute atomic E-state index is 0.107. The Kier molecular flexibility index (Phi) is 11.0. The molecule has 0 radical (unpaired) electrons. The molecule has 27 heavy (non-hydrogen) atoms. The lowest BCUT2D eigenvalue weighted by Crippen LogP contribution is -2.43. The van der Waals surface area contributed by atoms with E-state index in [1.165, 1.54) is 5.56 Å². The van der Waals surface area contributed by atoms with Crippen molar-refractivity contribution in [1.29, 1.82) is 0 Å². The van der Waals surface area contributed by atoms with Crippen LogP contribution in [-0.4, -0.2) is 64.8 Å². The predicted octanol–water partition coefficient (Wildman–Crippen LogP) is 1.56. The fourth-order valence-corrected chi connectivity index (χ4v) is 3.50. The summed E-state index contributed by atoms with van der Waals surface area (Å²) < 4.78 is 25.4. The second-order valence-corrected chi connectivity index (χ2v) is 8.27. The Hall–Kier alpha value is -1.64. The maximum Gasteiger partial charge on any atom is 0.211 e. The van der Waals surface area contributed by atoms with Crippen molar-refractivity contribution in [3.8, 4) is 0 Å². The van der Waals surface area contributed by atoms with Gasteiger partial charge < -0.3 is 10.6 Å². The van der Waals surface area contributed by atoms with E-state index in [9.17, 15) is 8.42 Å². The summed E-state index contributed by atoms with van der Waals surface area (Å²) in [5.41, 5.74) is 1.28. The zero-order valence-electron chi connectivity index (χ0n) is 17.0. The number of likely N-dealkylation sites (N-methyl/N-ethyl adjacent to an activating group) is 1. The molecule has 1 rings (SSSR count). The van der Waals surface area contributed by atoms with E-state index in [-0.39, 0.29) is 11.8 Å². The fraction of sp³-hybridized carbons (Fsp3) is 0.632. The van der Waals surface area contributed by atoms with Gasteiger partial charge in [-0.3, -0.25) is 9.89 Å². The van der Waals surface area contributed by atoms with E-state index < -0.39 is 10.0 Å². The first-order valence-corrected chi connectivity index (χ1v) is 11.3. The molecule has 0 aromatic heterocycles. The number of aliphatic imine (C=N–C) groups is 1. The quantitative estimate of drug-likeness (QED) is 0.283. The van der Waals surface area contributed by atoms with Gasteiger partial charge in [-0.1, -0.05) is 44.2 Å². The average Bonchev–Trinajstić information content (AvgIpc) is 2.69. The summed E-state index contributed by atoms with van der Waals surface area (Å²) in [6.45, 7) is 9.73. The van der Waals surface area contributed by atoms with Crippen LogP contribution in [0.2, 0.25) is 0 Å². The summed E-state index contributed by atoms with van der Waals surface area (Å²) in [7, 11) is -1.38. The Morgan fingerprint density at radius 3 is 2.30 bits per heavy atom. The van der Waals surface area contributed by atoms with Crippen LogP contribution in [0.25, 0.3) is 0 Å². The third kappa shape index (κ3) is 8.73. The summed E-state index contributed by atoms with van der Waals surface area (Å²) in [5.74, 6) is 0.831. The molecular weight excluding hydrogens is 362 g/mol. The van der Waals surface area contributed by atoms with Crippen molar-refractivity contribution < 1.29 is 8.42 Å². The number of nitrogens with one attached hydrogen (secondary N) is 3. The molecule has 0 saturated carbocycles. The van der Waals surface area contributed by atoms with Gasteiger partial charge in [0.2, 0.25) is 10.0 Å². The Bertz CT molecular complexity index is 645. The molecule has 0 amide bonds. The highest BCUT2D eigenvalue weighted by molar-refractivity contribution is 7.89. The molecule has 0 saturated heterocycles. The normalized spacial score (nSPS) is 13.6. The Labute approximate surface area is 164 Å². The van der Waals surface area contributed by atoms with Crippen LogP contribution in [0, 0.1) is 0 Å². The van der Waals surface area contributed by atoms with Gasteiger partial charge >= 0.3 is 0 Å². The molecule has 1 aromatic carbocycles. The zero-order chi connectivity index (χ0) is 20.1. The molecule has 0 heterocycles. The smallest absolute Gasteiger partial charge is 0.211 e. The summed E-state index contributed by atoms with van der Waals surface area (Å²) in [4.78, 5) is 6.68. The van der Waals surface area contributed by atoms with Crippen molar-refractivity contribution in [2.75, 3.05) is 45.5 Å². The van der Waals surface area contributed by atoms with Gasteiger partial charge in [-0.05, 0) is 32.0 Å². The van der Waals surface area contributed by atoms with Crippen LogP contribution in [0.3, 0.4) is 0 Å². The summed E-state index contributed by atoms with van der Waals surface area (Å²) in [6.07, 6.45) is 0.693. The van der Waals surface area contributed by atoms with Crippen LogP contribution in [0.5, 0.6) is 0 Å². The number of guanidine groups is 1. The van der Waals surface area contributed by atoms with E-state index in [1.54, 1.807) is 14.0 Å². The molecule has 7 nitrogen and oxygen atoms in total. The number of sulfonamides is 1. The van der Waals surface area contributed by atoms with Crippen molar-refractivity contribution in [1.82, 2.24) is 20.3 Å². The van der Waals surface area contributed by atoms with Gasteiger partial charge in [0.1, 0.15) is 0 Å². The van der Waals surface area contributed by atoms with Crippen LogP contribution in [0.4, 0.5) is 0 Å². The minimum atomic E-state index is -3.12. The monoisotopic (exact) mass is 397 g/mol. The van der Waals surface area contributed by atoms with Gasteiger partial charge in [0.25, 0.3) is 0 Å². The number of nitrogens with zero attached hydrogens (tertiary/aromatic N) is 2. The molecule has 1 atom stereocenters. The molecule has 0 fully saturated rings. The Morgan fingerprint density at radius 1 is 1.07 bits per heavy atom. The largest absolute Gasteiger partial charge is 0.356 e. The summed E-state index contributed by atoms with van der Waals surface area (Å²) in [6, 6.07) is 10.7. The Balaban J connectivity index is 2.52. The third-order valence-electron chi connectivity index (χ3n) is 4.47. The molecule has 0 bridgehead atoms. The standard InChI is InChI=1S/C19H35N5O2S/c1-5-24(6-2)18(17-12-9-8-10-13-17)16-22-19(20-4)21-14-11-15-23-27(25,26)7-3/h8-10,12-13,18,23H,5-7,11,14-16H2,1-4H3,(H2,20,21,22). The average molecular weight is 398 g/mol. The lowest BCUT2D eigenvalue weighted by atomic mass is 10.1. The van der Waals surface area contributed by atoms with Gasteiger partial charge in [-0.2, -0.15) is 0 Å². The molecule has 154 valence electrons. The topological polar surface area (TPSA) is 85.8 Å². The first-order valence-electron chi connectivity index (χ1n) is 9.68. The van der Waals surface area contributed by atoms with E-state index in [0.717, 1.165) is 25.6 Å². The highest BCUT2D eigenvalue weighted by atomic mass is 32.2. The second kappa shape index (κ2) is 12.7. The van der Waals surface area contributed by atoms with Gasteiger partial charge in [-0.25, -0.2) is 13.1 Å². The van der Waals surface area contributed by atoms with Crippen LogP contribution in [-0.2, 0) is 10.0 Å². The van der Waals surface area contributed by atoms with Crippen LogP contribution < -0.4 is 15.4 Å². The van der Waals surface area contributed by atoms with Gasteiger partial charge in [0.05, 0.1) is 11.8 Å². The maximum atomic E-state index is 11.4. The third-order valence-corrected chi connectivity index (χ3v) is 5.88. The van der Waals surface area contributed by atoms with E-state index in [2.05, 4.69) is 63.4 Å². The highest BCUT2D eigenvalue weighted by Gasteiger charge is 2.18. The highest BCUT2D eigenvalue weighted by Crippen LogP contribution is 2.19.